The second-order valence-corrected chi connectivity index (χ2v) is 7.03. The lowest BCUT2D eigenvalue weighted by atomic mass is 9.96. The zero-order valence-corrected chi connectivity index (χ0v) is 16.1. The predicted molar refractivity (Wildman–Crippen MR) is 108 cm³/mol. The number of hydrogen-bond acceptors (Lipinski definition) is 3. The number of ether oxygens (including phenoxy) is 1. The van der Waals surface area contributed by atoms with Crippen molar-refractivity contribution < 1.29 is 9.13 Å². The molecular formula is C22H21FN2OS. The molecule has 0 saturated heterocycles. The van der Waals surface area contributed by atoms with E-state index in [9.17, 15) is 4.39 Å². The van der Waals surface area contributed by atoms with E-state index < -0.39 is 0 Å². The van der Waals surface area contributed by atoms with Gasteiger partial charge in [-0.05, 0) is 69.0 Å². The van der Waals surface area contributed by atoms with Gasteiger partial charge in [-0.2, -0.15) is 0 Å². The summed E-state index contributed by atoms with van der Waals surface area (Å²) in [6.07, 6.45) is 4.16. The first-order valence-corrected chi connectivity index (χ1v) is 9.72. The van der Waals surface area contributed by atoms with Crippen LogP contribution in [0.1, 0.15) is 31.0 Å². The van der Waals surface area contributed by atoms with Gasteiger partial charge < -0.3 is 4.74 Å². The monoisotopic (exact) mass is 380 g/mol. The molecule has 0 N–H and O–H groups in total. The predicted octanol–water partition coefficient (Wildman–Crippen LogP) is 5.69. The van der Waals surface area contributed by atoms with E-state index >= 15 is 0 Å². The fraction of sp³-hybridized carbons (Fsp3) is 0.273. The van der Waals surface area contributed by atoms with E-state index in [0.717, 1.165) is 54.1 Å². The van der Waals surface area contributed by atoms with Gasteiger partial charge in [-0.1, -0.05) is 18.3 Å². The van der Waals surface area contributed by atoms with Crippen molar-refractivity contribution in [1.82, 2.24) is 9.55 Å². The Bertz CT molecular complexity index is 1030. The first-order chi connectivity index (χ1) is 13.2. The van der Waals surface area contributed by atoms with Crippen molar-refractivity contribution in [3.05, 3.63) is 70.2 Å². The average Bonchev–Trinajstić information content (AvgIpc) is 2.69. The molecule has 0 fully saturated rings. The summed E-state index contributed by atoms with van der Waals surface area (Å²) in [4.78, 5) is 4.75. The Balaban J connectivity index is 1.99. The number of nitrogens with zero attached hydrogens (tertiary/aromatic N) is 2. The topological polar surface area (TPSA) is 27.1 Å². The molecule has 1 aliphatic carbocycles. The summed E-state index contributed by atoms with van der Waals surface area (Å²) in [5.74, 6) is 1.30. The van der Waals surface area contributed by atoms with Gasteiger partial charge in [0, 0.05) is 22.9 Å². The van der Waals surface area contributed by atoms with Gasteiger partial charge in [0.05, 0.1) is 12.3 Å². The lowest BCUT2D eigenvalue weighted by Crippen LogP contribution is -2.17. The van der Waals surface area contributed by atoms with Gasteiger partial charge in [0.1, 0.15) is 22.0 Å². The summed E-state index contributed by atoms with van der Waals surface area (Å²) in [7, 11) is 0. The standard InChI is InChI=1S/C22H21FN2OS/c1-2-26-18-7-5-6-17(14-18)25-20-9-4-3-8-19(20)22(27)24-21(25)15-10-12-16(23)13-11-15/h5-7,10-14H,2-4,8-9H2,1H3. The van der Waals surface area contributed by atoms with Crippen molar-refractivity contribution in [1.29, 1.82) is 0 Å². The van der Waals surface area contributed by atoms with Crippen molar-refractivity contribution in [2.24, 2.45) is 0 Å². The van der Waals surface area contributed by atoms with Gasteiger partial charge >= 0.3 is 0 Å². The van der Waals surface area contributed by atoms with Crippen molar-refractivity contribution in [2.45, 2.75) is 32.6 Å². The number of benzene rings is 2. The van der Waals surface area contributed by atoms with Gasteiger partial charge in [-0.25, -0.2) is 9.37 Å². The van der Waals surface area contributed by atoms with E-state index in [4.69, 9.17) is 21.9 Å². The van der Waals surface area contributed by atoms with Crippen LogP contribution in [0.5, 0.6) is 5.75 Å². The maximum absolute atomic E-state index is 13.5. The van der Waals surface area contributed by atoms with Crippen LogP contribution in [0.3, 0.4) is 0 Å². The zero-order valence-electron chi connectivity index (χ0n) is 15.2. The molecule has 0 atom stereocenters. The second-order valence-electron chi connectivity index (χ2n) is 6.65. The smallest absolute Gasteiger partial charge is 0.146 e. The quantitative estimate of drug-likeness (QED) is 0.545. The summed E-state index contributed by atoms with van der Waals surface area (Å²) in [5, 5.41) is 0. The maximum Gasteiger partial charge on any atom is 0.146 e. The highest BCUT2D eigenvalue weighted by Crippen LogP contribution is 2.31. The molecule has 1 heterocycles. The molecule has 27 heavy (non-hydrogen) atoms. The molecule has 0 bridgehead atoms. The maximum atomic E-state index is 13.5. The highest BCUT2D eigenvalue weighted by molar-refractivity contribution is 7.71. The van der Waals surface area contributed by atoms with Crippen molar-refractivity contribution >= 4 is 12.2 Å². The van der Waals surface area contributed by atoms with E-state index in [1.165, 1.54) is 17.8 Å². The van der Waals surface area contributed by atoms with E-state index in [1.54, 1.807) is 12.1 Å². The Labute approximate surface area is 163 Å². The number of aromatic nitrogens is 2. The van der Waals surface area contributed by atoms with E-state index in [-0.39, 0.29) is 5.82 Å². The molecule has 2 aromatic carbocycles. The molecule has 0 spiro atoms. The van der Waals surface area contributed by atoms with Gasteiger partial charge in [0.2, 0.25) is 0 Å². The number of hydrogen-bond donors (Lipinski definition) is 0. The molecule has 3 nitrogen and oxygen atoms in total. The highest BCUT2D eigenvalue weighted by Gasteiger charge is 2.20. The van der Waals surface area contributed by atoms with Crippen LogP contribution in [0.4, 0.5) is 4.39 Å². The minimum absolute atomic E-state index is 0.264. The summed E-state index contributed by atoms with van der Waals surface area (Å²) in [6, 6.07) is 14.4. The third-order valence-electron chi connectivity index (χ3n) is 4.88. The van der Waals surface area contributed by atoms with Gasteiger partial charge in [0.25, 0.3) is 0 Å². The van der Waals surface area contributed by atoms with Crippen LogP contribution in [0.2, 0.25) is 0 Å². The molecule has 0 radical (unpaired) electrons. The van der Waals surface area contributed by atoms with Crippen LogP contribution in [0, 0.1) is 10.5 Å². The molecule has 0 unspecified atom stereocenters. The normalized spacial score (nSPS) is 13.3. The lowest BCUT2D eigenvalue weighted by Gasteiger charge is -2.25. The van der Waals surface area contributed by atoms with Crippen LogP contribution in [0.15, 0.2) is 48.5 Å². The second kappa shape index (κ2) is 7.61. The number of rotatable bonds is 4. The van der Waals surface area contributed by atoms with Gasteiger partial charge in [-0.3, -0.25) is 4.57 Å². The first kappa shape index (κ1) is 17.9. The molecular weight excluding hydrogens is 359 g/mol. The van der Waals surface area contributed by atoms with Gasteiger partial charge in [0.15, 0.2) is 0 Å². The Kier molecular flexibility index (Phi) is 5.03. The van der Waals surface area contributed by atoms with Crippen LogP contribution in [0.25, 0.3) is 17.1 Å². The Hall–Kier alpha value is -2.53. The molecule has 0 aliphatic heterocycles. The molecule has 3 aromatic rings. The van der Waals surface area contributed by atoms with E-state index in [1.807, 2.05) is 25.1 Å². The minimum atomic E-state index is -0.264. The van der Waals surface area contributed by atoms with Crippen LogP contribution < -0.4 is 4.74 Å². The summed E-state index contributed by atoms with van der Waals surface area (Å²) in [5.41, 5.74) is 4.19. The lowest BCUT2D eigenvalue weighted by molar-refractivity contribution is 0.340. The first-order valence-electron chi connectivity index (χ1n) is 9.31. The summed E-state index contributed by atoms with van der Waals surface area (Å²) in [6.45, 7) is 2.58. The third kappa shape index (κ3) is 3.52. The third-order valence-corrected chi connectivity index (χ3v) is 5.21. The SMILES string of the molecule is CCOc1cccc(-n2c(-c3ccc(F)cc3)nc(=S)c3c2CCCC3)c1. The van der Waals surface area contributed by atoms with E-state index in [0.29, 0.717) is 11.2 Å². The van der Waals surface area contributed by atoms with Crippen LogP contribution in [-0.4, -0.2) is 16.2 Å². The van der Waals surface area contributed by atoms with Crippen molar-refractivity contribution in [3.8, 4) is 22.8 Å². The highest BCUT2D eigenvalue weighted by atomic mass is 32.1. The molecule has 0 amide bonds. The van der Waals surface area contributed by atoms with Crippen molar-refractivity contribution in [3.63, 3.8) is 0 Å². The summed E-state index contributed by atoms with van der Waals surface area (Å²) < 4.78 is 22.0. The average molecular weight is 380 g/mol. The molecule has 1 aromatic heterocycles. The fourth-order valence-corrected chi connectivity index (χ4v) is 3.96. The molecule has 4 rings (SSSR count). The van der Waals surface area contributed by atoms with Gasteiger partial charge in [-0.15, -0.1) is 0 Å². The molecule has 0 saturated carbocycles. The Morgan fingerprint density at radius 1 is 1.11 bits per heavy atom. The Morgan fingerprint density at radius 3 is 2.67 bits per heavy atom. The number of fused-ring (bicyclic) bond motifs is 1. The Morgan fingerprint density at radius 2 is 1.89 bits per heavy atom. The van der Waals surface area contributed by atoms with Crippen LogP contribution in [-0.2, 0) is 12.8 Å². The van der Waals surface area contributed by atoms with E-state index in [2.05, 4.69) is 10.6 Å². The molecule has 1 aliphatic rings. The summed E-state index contributed by atoms with van der Waals surface area (Å²) >= 11 is 5.61. The zero-order chi connectivity index (χ0) is 18.8. The largest absolute Gasteiger partial charge is 0.494 e. The van der Waals surface area contributed by atoms with Crippen molar-refractivity contribution in [2.75, 3.05) is 6.61 Å². The fourth-order valence-electron chi connectivity index (χ4n) is 3.66. The minimum Gasteiger partial charge on any atom is -0.494 e. The molecule has 138 valence electrons. The number of halogens is 1. The van der Waals surface area contributed by atoms with Crippen LogP contribution >= 0.6 is 12.2 Å². The molecule has 5 heteroatoms.